The molecule has 0 bridgehead atoms. The third kappa shape index (κ3) is 3.71. The fourth-order valence-electron chi connectivity index (χ4n) is 2.82. The van der Waals surface area contributed by atoms with Crippen molar-refractivity contribution in [2.45, 2.75) is 38.7 Å². The van der Waals surface area contributed by atoms with Gasteiger partial charge in [0.2, 0.25) is 0 Å². The van der Waals surface area contributed by atoms with Crippen molar-refractivity contribution in [1.82, 2.24) is 4.90 Å². The Bertz CT molecular complexity index is 533. The Morgan fingerprint density at radius 1 is 1.27 bits per heavy atom. The number of urea groups is 1. The van der Waals surface area contributed by atoms with Crippen LogP contribution in [-0.4, -0.2) is 43.8 Å². The topological polar surface area (TPSA) is 50.8 Å². The van der Waals surface area contributed by atoms with Gasteiger partial charge in [0.15, 0.2) is 0 Å². The van der Waals surface area contributed by atoms with Crippen molar-refractivity contribution < 1.29 is 14.3 Å². The number of carbonyl (C=O) groups is 1. The molecular weight excluding hydrogens is 280 g/mol. The van der Waals surface area contributed by atoms with Gasteiger partial charge in [0, 0.05) is 20.2 Å². The summed E-state index contributed by atoms with van der Waals surface area (Å²) in [5.41, 5.74) is 1.60. The Hall–Kier alpha value is -1.75. The van der Waals surface area contributed by atoms with Gasteiger partial charge in [0.05, 0.1) is 18.4 Å². The molecule has 122 valence electrons. The minimum atomic E-state index is -0.130. The molecule has 1 N–H and O–H groups in total. The van der Waals surface area contributed by atoms with Crippen LogP contribution in [0.2, 0.25) is 0 Å². The van der Waals surface area contributed by atoms with E-state index in [0.717, 1.165) is 37.1 Å². The Morgan fingerprint density at radius 2 is 2.05 bits per heavy atom. The van der Waals surface area contributed by atoms with Gasteiger partial charge in [-0.2, -0.15) is 0 Å². The van der Waals surface area contributed by atoms with Gasteiger partial charge in [0.25, 0.3) is 0 Å². The second-order valence-corrected chi connectivity index (χ2v) is 6.08. The highest BCUT2D eigenvalue weighted by atomic mass is 16.5. The summed E-state index contributed by atoms with van der Waals surface area (Å²) < 4.78 is 10.9. The number of nitrogens with one attached hydrogen (secondary N) is 1. The van der Waals surface area contributed by atoms with Crippen molar-refractivity contribution in [2.75, 3.05) is 32.6 Å². The number of hydrogen-bond acceptors (Lipinski definition) is 3. The molecule has 1 aromatic rings. The lowest BCUT2D eigenvalue weighted by molar-refractivity contribution is -0.00492. The number of para-hydroxylation sites is 1. The van der Waals surface area contributed by atoms with Crippen LogP contribution < -0.4 is 10.1 Å². The molecule has 1 saturated heterocycles. The van der Waals surface area contributed by atoms with Crippen molar-refractivity contribution in [1.29, 1.82) is 0 Å². The van der Waals surface area contributed by atoms with Crippen LogP contribution in [-0.2, 0) is 4.74 Å². The number of nitrogens with zero attached hydrogens (tertiary/aromatic N) is 1. The first-order chi connectivity index (χ1) is 10.5. The normalized spacial score (nSPS) is 22.1. The molecule has 1 aromatic carbocycles. The summed E-state index contributed by atoms with van der Waals surface area (Å²) in [6.45, 7) is 5.52. The average Bonchev–Trinajstić information content (AvgIpc) is 2.72. The summed E-state index contributed by atoms with van der Waals surface area (Å²) in [5.74, 6) is 0.685. The molecule has 2 rings (SSSR count). The van der Waals surface area contributed by atoms with Gasteiger partial charge in [-0.15, -0.1) is 0 Å². The molecular formula is C17H26N2O3. The average molecular weight is 306 g/mol. The van der Waals surface area contributed by atoms with Crippen LogP contribution >= 0.6 is 0 Å². The second-order valence-electron chi connectivity index (χ2n) is 6.08. The van der Waals surface area contributed by atoms with Crippen LogP contribution in [0.3, 0.4) is 0 Å². The lowest BCUT2D eigenvalue weighted by Gasteiger charge is -2.26. The first kappa shape index (κ1) is 16.6. The lowest BCUT2D eigenvalue weighted by atomic mass is 9.97. The lowest BCUT2D eigenvalue weighted by Crippen LogP contribution is -2.37. The van der Waals surface area contributed by atoms with E-state index in [1.54, 1.807) is 14.2 Å². The summed E-state index contributed by atoms with van der Waals surface area (Å²) in [5, 5.41) is 2.99. The molecule has 1 heterocycles. The van der Waals surface area contributed by atoms with E-state index in [9.17, 15) is 4.79 Å². The molecule has 2 amide bonds. The minimum Gasteiger partial charge on any atom is -0.495 e. The molecule has 1 aliphatic heterocycles. The van der Waals surface area contributed by atoms with Gasteiger partial charge in [-0.3, -0.25) is 0 Å². The molecule has 0 spiro atoms. The molecule has 0 aliphatic carbocycles. The Labute approximate surface area is 132 Å². The number of amides is 2. The van der Waals surface area contributed by atoms with Gasteiger partial charge in [-0.05, 0) is 44.7 Å². The van der Waals surface area contributed by atoms with Crippen LogP contribution in [0.1, 0.15) is 31.7 Å². The second kappa shape index (κ2) is 7.01. The molecule has 0 unspecified atom stereocenters. The Balaban J connectivity index is 2.07. The number of likely N-dealkylation sites (tertiary alicyclic amines) is 1. The van der Waals surface area contributed by atoms with Gasteiger partial charge in [-0.1, -0.05) is 12.1 Å². The molecule has 1 atom stereocenters. The van der Waals surface area contributed by atoms with E-state index in [0.29, 0.717) is 12.3 Å². The summed E-state index contributed by atoms with van der Waals surface area (Å²) >= 11 is 0. The maximum atomic E-state index is 12.6. The Kier molecular flexibility index (Phi) is 5.29. The van der Waals surface area contributed by atoms with Gasteiger partial charge < -0.3 is 19.7 Å². The van der Waals surface area contributed by atoms with E-state index in [1.165, 1.54) is 0 Å². The first-order valence-electron chi connectivity index (χ1n) is 7.74. The zero-order chi connectivity index (χ0) is 16.2. The molecule has 1 aliphatic rings. The molecule has 22 heavy (non-hydrogen) atoms. The van der Waals surface area contributed by atoms with Gasteiger partial charge >= 0.3 is 6.03 Å². The number of aryl methyl sites for hydroxylation is 1. The van der Waals surface area contributed by atoms with Crippen molar-refractivity contribution in [2.24, 2.45) is 0 Å². The number of benzene rings is 1. The monoisotopic (exact) mass is 306 g/mol. The fraction of sp³-hybridized carbons (Fsp3) is 0.588. The van der Waals surface area contributed by atoms with E-state index in [1.807, 2.05) is 30.0 Å². The summed E-state index contributed by atoms with van der Waals surface area (Å²) in [6, 6.07) is 5.66. The quantitative estimate of drug-likeness (QED) is 0.931. The van der Waals surface area contributed by atoms with E-state index >= 15 is 0 Å². The molecule has 5 nitrogen and oxygen atoms in total. The largest absolute Gasteiger partial charge is 0.495 e. The van der Waals surface area contributed by atoms with E-state index < -0.39 is 0 Å². The third-order valence-corrected chi connectivity index (χ3v) is 4.51. The maximum Gasteiger partial charge on any atom is 0.321 e. The van der Waals surface area contributed by atoms with Crippen LogP contribution in [0.25, 0.3) is 0 Å². The zero-order valence-corrected chi connectivity index (χ0v) is 13.9. The summed E-state index contributed by atoms with van der Waals surface area (Å²) in [6.07, 6.45) is 2.77. The first-order valence-corrected chi connectivity index (χ1v) is 7.74. The zero-order valence-electron chi connectivity index (χ0n) is 13.9. The van der Waals surface area contributed by atoms with E-state index in [2.05, 4.69) is 12.2 Å². The maximum absolute atomic E-state index is 12.6. The number of hydrogen-bond donors (Lipinski definition) is 1. The third-order valence-electron chi connectivity index (χ3n) is 4.51. The van der Waals surface area contributed by atoms with Crippen LogP contribution in [0.15, 0.2) is 18.2 Å². The predicted octanol–water partition coefficient (Wildman–Crippen LogP) is 3.43. The number of carbonyl (C=O) groups excluding carboxylic acids is 1. The highest BCUT2D eigenvalue weighted by Gasteiger charge is 2.29. The smallest absolute Gasteiger partial charge is 0.321 e. The summed E-state index contributed by atoms with van der Waals surface area (Å²) in [7, 11) is 3.36. The fourth-order valence-corrected chi connectivity index (χ4v) is 2.82. The SMILES string of the molecule is COc1cccc(C)c1NC(=O)N1CCC[C@](C)(OC)CC1. The van der Waals surface area contributed by atoms with Crippen LogP contribution in [0.5, 0.6) is 5.75 Å². The number of anilines is 1. The highest BCUT2D eigenvalue weighted by molar-refractivity contribution is 5.92. The Morgan fingerprint density at radius 3 is 2.73 bits per heavy atom. The molecule has 1 fully saturated rings. The number of ether oxygens (including phenoxy) is 2. The molecule has 5 heteroatoms. The van der Waals surface area contributed by atoms with Gasteiger partial charge in [0.1, 0.15) is 5.75 Å². The number of methoxy groups -OCH3 is 2. The number of rotatable bonds is 3. The van der Waals surface area contributed by atoms with Crippen molar-refractivity contribution in [3.8, 4) is 5.75 Å². The van der Waals surface area contributed by atoms with E-state index in [4.69, 9.17) is 9.47 Å². The van der Waals surface area contributed by atoms with Crippen molar-refractivity contribution >= 4 is 11.7 Å². The molecule has 0 saturated carbocycles. The minimum absolute atomic E-state index is 0.0760. The molecule has 0 radical (unpaired) electrons. The summed E-state index contributed by atoms with van der Waals surface area (Å²) in [4.78, 5) is 14.4. The van der Waals surface area contributed by atoms with Crippen LogP contribution in [0.4, 0.5) is 10.5 Å². The predicted molar refractivity (Wildman–Crippen MR) is 87.6 cm³/mol. The molecule has 0 aromatic heterocycles. The van der Waals surface area contributed by atoms with Crippen molar-refractivity contribution in [3.63, 3.8) is 0 Å². The van der Waals surface area contributed by atoms with E-state index in [-0.39, 0.29) is 11.6 Å². The van der Waals surface area contributed by atoms with Crippen LogP contribution in [0, 0.1) is 6.92 Å². The highest BCUT2D eigenvalue weighted by Crippen LogP contribution is 2.29. The van der Waals surface area contributed by atoms with Crippen molar-refractivity contribution in [3.05, 3.63) is 23.8 Å². The van der Waals surface area contributed by atoms with Gasteiger partial charge in [-0.25, -0.2) is 4.79 Å². The standard InChI is InChI=1S/C17H26N2O3/c1-13-7-5-8-14(21-3)15(13)18-16(20)19-11-6-9-17(2,22-4)10-12-19/h5,7-8H,6,9-12H2,1-4H3,(H,18,20)/t17-/m0/s1.